The SMILES string of the molecule is CCC(CC)n1ncc(C(=O)Nc2ccccc2-n2ccc(C(=O)O)n2)c1C. The molecule has 0 saturated heterocycles. The normalized spacial score (nSPS) is 11.0. The van der Waals surface area contributed by atoms with E-state index in [9.17, 15) is 9.59 Å². The Morgan fingerprint density at radius 1 is 1.18 bits per heavy atom. The van der Waals surface area contributed by atoms with Crippen molar-refractivity contribution >= 4 is 17.6 Å². The highest BCUT2D eigenvalue weighted by Crippen LogP contribution is 2.23. The maximum atomic E-state index is 12.9. The van der Waals surface area contributed by atoms with Crippen LogP contribution in [0.5, 0.6) is 0 Å². The number of hydrogen-bond acceptors (Lipinski definition) is 4. The molecule has 146 valence electrons. The van der Waals surface area contributed by atoms with Gasteiger partial charge in [0, 0.05) is 11.9 Å². The van der Waals surface area contributed by atoms with Gasteiger partial charge in [-0.3, -0.25) is 9.48 Å². The largest absolute Gasteiger partial charge is 0.476 e. The van der Waals surface area contributed by atoms with E-state index >= 15 is 0 Å². The first-order valence-corrected chi connectivity index (χ1v) is 9.20. The highest BCUT2D eigenvalue weighted by molar-refractivity contribution is 6.05. The first kappa shape index (κ1) is 19.3. The molecular weight excluding hydrogens is 358 g/mol. The van der Waals surface area contributed by atoms with Crippen molar-refractivity contribution < 1.29 is 14.7 Å². The molecule has 2 heterocycles. The number of rotatable bonds is 7. The number of carbonyl (C=O) groups is 2. The number of aromatic nitrogens is 4. The predicted molar refractivity (Wildman–Crippen MR) is 105 cm³/mol. The van der Waals surface area contributed by atoms with Crippen molar-refractivity contribution in [1.29, 1.82) is 0 Å². The summed E-state index contributed by atoms with van der Waals surface area (Å²) in [5, 5.41) is 20.4. The van der Waals surface area contributed by atoms with Crippen LogP contribution in [0.4, 0.5) is 5.69 Å². The molecule has 2 aromatic heterocycles. The minimum Gasteiger partial charge on any atom is -0.476 e. The molecule has 0 aliphatic rings. The van der Waals surface area contributed by atoms with E-state index in [0.717, 1.165) is 18.5 Å². The maximum absolute atomic E-state index is 12.9. The minimum atomic E-state index is -1.11. The summed E-state index contributed by atoms with van der Waals surface area (Å²) in [5.74, 6) is -1.38. The van der Waals surface area contributed by atoms with Gasteiger partial charge in [-0.1, -0.05) is 26.0 Å². The van der Waals surface area contributed by atoms with E-state index in [1.165, 1.54) is 10.7 Å². The quantitative estimate of drug-likeness (QED) is 0.650. The second-order valence-corrected chi connectivity index (χ2v) is 6.48. The minimum absolute atomic E-state index is 0.0663. The van der Waals surface area contributed by atoms with Gasteiger partial charge in [-0.15, -0.1) is 0 Å². The number of nitrogens with zero attached hydrogens (tertiary/aromatic N) is 4. The van der Waals surface area contributed by atoms with Crippen molar-refractivity contribution in [2.45, 2.75) is 39.7 Å². The molecule has 0 aliphatic carbocycles. The van der Waals surface area contributed by atoms with Crippen molar-refractivity contribution in [3.8, 4) is 5.69 Å². The van der Waals surface area contributed by atoms with E-state index in [-0.39, 0.29) is 17.6 Å². The third kappa shape index (κ3) is 3.66. The predicted octanol–water partition coefficient (Wildman–Crippen LogP) is 3.69. The summed E-state index contributed by atoms with van der Waals surface area (Å²) < 4.78 is 3.33. The van der Waals surface area contributed by atoms with Crippen LogP contribution in [0.25, 0.3) is 5.69 Å². The third-order valence-corrected chi connectivity index (χ3v) is 4.78. The lowest BCUT2D eigenvalue weighted by molar-refractivity contribution is 0.0689. The number of para-hydroxylation sites is 2. The molecule has 28 heavy (non-hydrogen) atoms. The molecule has 8 nitrogen and oxygen atoms in total. The molecule has 2 N–H and O–H groups in total. The molecule has 1 aromatic carbocycles. The lowest BCUT2D eigenvalue weighted by Crippen LogP contribution is -2.16. The Morgan fingerprint density at radius 3 is 2.54 bits per heavy atom. The fourth-order valence-corrected chi connectivity index (χ4v) is 3.19. The van der Waals surface area contributed by atoms with Crippen molar-refractivity contribution in [1.82, 2.24) is 19.6 Å². The Labute approximate surface area is 162 Å². The Kier molecular flexibility index (Phi) is 5.58. The standard InChI is InChI=1S/C20H23N5O3/c1-4-14(5-2)25-13(3)15(12-21-25)19(26)22-16-8-6-7-9-18(16)24-11-10-17(23-24)20(27)28/h6-12,14H,4-5H2,1-3H3,(H,22,26)(H,27,28). The Balaban J connectivity index is 1.89. The molecule has 0 bridgehead atoms. The van der Waals surface area contributed by atoms with Crippen molar-refractivity contribution in [3.05, 3.63) is 59.7 Å². The van der Waals surface area contributed by atoms with Gasteiger partial charge in [0.25, 0.3) is 5.91 Å². The number of nitrogens with one attached hydrogen (secondary N) is 1. The van der Waals surface area contributed by atoms with Gasteiger partial charge >= 0.3 is 5.97 Å². The van der Waals surface area contributed by atoms with Crippen molar-refractivity contribution in [2.24, 2.45) is 0 Å². The number of carboxylic acids is 1. The Morgan fingerprint density at radius 2 is 1.89 bits per heavy atom. The monoisotopic (exact) mass is 381 g/mol. The van der Waals surface area contributed by atoms with Crippen LogP contribution < -0.4 is 5.32 Å². The molecule has 0 unspecified atom stereocenters. The van der Waals surface area contributed by atoms with Crippen LogP contribution in [0.3, 0.4) is 0 Å². The molecule has 0 atom stereocenters. The van der Waals surface area contributed by atoms with Gasteiger partial charge in [-0.05, 0) is 38.0 Å². The average Bonchev–Trinajstić information content (AvgIpc) is 3.31. The van der Waals surface area contributed by atoms with Crippen LogP contribution >= 0.6 is 0 Å². The zero-order chi connectivity index (χ0) is 20.3. The van der Waals surface area contributed by atoms with Crippen LogP contribution in [0, 0.1) is 6.92 Å². The van der Waals surface area contributed by atoms with Gasteiger partial charge in [-0.2, -0.15) is 10.2 Å². The first-order valence-electron chi connectivity index (χ1n) is 9.20. The fraction of sp³-hybridized carbons (Fsp3) is 0.300. The van der Waals surface area contributed by atoms with Crippen LogP contribution in [-0.2, 0) is 0 Å². The summed E-state index contributed by atoms with van der Waals surface area (Å²) in [4.78, 5) is 23.9. The van der Waals surface area contributed by atoms with Gasteiger partial charge in [0.2, 0.25) is 0 Å². The van der Waals surface area contributed by atoms with Crippen molar-refractivity contribution in [3.63, 3.8) is 0 Å². The van der Waals surface area contributed by atoms with Crippen molar-refractivity contribution in [2.75, 3.05) is 5.32 Å². The van der Waals surface area contributed by atoms with Crippen LogP contribution in [0.1, 0.15) is 59.3 Å². The molecule has 1 amide bonds. The smallest absolute Gasteiger partial charge is 0.356 e. The maximum Gasteiger partial charge on any atom is 0.356 e. The number of hydrogen-bond donors (Lipinski definition) is 2. The summed E-state index contributed by atoms with van der Waals surface area (Å²) in [6.07, 6.45) is 5.01. The number of carbonyl (C=O) groups excluding carboxylic acids is 1. The van der Waals surface area contributed by atoms with Gasteiger partial charge in [0.05, 0.1) is 29.2 Å². The second-order valence-electron chi connectivity index (χ2n) is 6.48. The van der Waals surface area contributed by atoms with E-state index in [1.54, 1.807) is 36.7 Å². The zero-order valence-electron chi connectivity index (χ0n) is 16.1. The molecule has 0 saturated carbocycles. The lowest BCUT2D eigenvalue weighted by atomic mass is 10.1. The highest BCUT2D eigenvalue weighted by atomic mass is 16.4. The number of aromatic carboxylic acids is 1. The Hall–Kier alpha value is -3.42. The topological polar surface area (TPSA) is 102 Å². The van der Waals surface area contributed by atoms with Crippen LogP contribution in [0.15, 0.2) is 42.7 Å². The zero-order valence-corrected chi connectivity index (χ0v) is 16.1. The molecule has 0 aliphatic heterocycles. The van der Waals surface area contributed by atoms with Gasteiger partial charge < -0.3 is 10.4 Å². The molecular formula is C20H23N5O3. The summed E-state index contributed by atoms with van der Waals surface area (Å²) in [5.41, 5.74) is 2.36. The van der Waals surface area contributed by atoms with E-state index in [0.29, 0.717) is 16.9 Å². The summed E-state index contributed by atoms with van der Waals surface area (Å²) in [7, 11) is 0. The summed E-state index contributed by atoms with van der Waals surface area (Å²) in [6.45, 7) is 6.08. The lowest BCUT2D eigenvalue weighted by Gasteiger charge is -2.15. The van der Waals surface area contributed by atoms with Gasteiger partial charge in [-0.25, -0.2) is 9.48 Å². The molecule has 3 aromatic rings. The summed E-state index contributed by atoms with van der Waals surface area (Å²) >= 11 is 0. The highest BCUT2D eigenvalue weighted by Gasteiger charge is 2.19. The molecule has 0 spiro atoms. The average molecular weight is 381 g/mol. The number of anilines is 1. The van der Waals surface area contributed by atoms with Crippen LogP contribution in [-0.4, -0.2) is 36.5 Å². The fourth-order valence-electron chi connectivity index (χ4n) is 3.19. The van der Waals surface area contributed by atoms with E-state index < -0.39 is 5.97 Å². The molecule has 8 heteroatoms. The summed E-state index contributed by atoms with van der Waals surface area (Å²) in [6, 6.07) is 8.76. The third-order valence-electron chi connectivity index (χ3n) is 4.78. The van der Waals surface area contributed by atoms with Crippen LogP contribution in [0.2, 0.25) is 0 Å². The number of benzene rings is 1. The van der Waals surface area contributed by atoms with Gasteiger partial charge in [0.1, 0.15) is 0 Å². The van der Waals surface area contributed by atoms with E-state index in [1.807, 2.05) is 11.6 Å². The Bertz CT molecular complexity index is 1000. The van der Waals surface area contributed by atoms with Gasteiger partial charge in [0.15, 0.2) is 5.69 Å². The second kappa shape index (κ2) is 8.08. The molecule has 3 rings (SSSR count). The first-order chi connectivity index (χ1) is 13.5. The molecule has 0 radical (unpaired) electrons. The van der Waals surface area contributed by atoms with E-state index in [2.05, 4.69) is 29.4 Å². The number of amides is 1. The van der Waals surface area contributed by atoms with E-state index in [4.69, 9.17) is 5.11 Å². The molecule has 0 fully saturated rings. The number of carboxylic acid groups (broad SMARTS) is 1.